The van der Waals surface area contributed by atoms with E-state index < -0.39 is 0 Å². The average molecular weight is 281 g/mol. The molecule has 1 fully saturated rings. The maximum atomic E-state index is 11.5. The van der Waals surface area contributed by atoms with Crippen LogP contribution < -0.4 is 5.32 Å². The smallest absolute Gasteiger partial charge is 0.407 e. The van der Waals surface area contributed by atoms with E-state index in [0.29, 0.717) is 6.61 Å². The van der Waals surface area contributed by atoms with Gasteiger partial charge in [-0.05, 0) is 40.2 Å². The fourth-order valence-corrected chi connectivity index (χ4v) is 2.61. The molecule has 6 heteroatoms. The summed E-state index contributed by atoms with van der Waals surface area (Å²) in [6, 6.07) is 0.156. The molecule has 112 valence electrons. The maximum Gasteiger partial charge on any atom is 0.407 e. The van der Waals surface area contributed by atoms with Gasteiger partial charge in [-0.25, -0.2) is 4.79 Å². The number of likely N-dealkylation sites (tertiary alicyclic amines) is 1. The fourth-order valence-electron chi connectivity index (χ4n) is 2.61. The molecule has 6 nitrogen and oxygen atoms in total. The van der Waals surface area contributed by atoms with Gasteiger partial charge < -0.3 is 14.6 Å². The van der Waals surface area contributed by atoms with Crippen LogP contribution in [0.15, 0.2) is 4.52 Å². The minimum Gasteiger partial charge on any atom is -0.450 e. The number of alkyl carbamates (subject to hydrolysis) is 1. The number of aryl methyl sites for hydroxylation is 2. The van der Waals surface area contributed by atoms with Crippen LogP contribution in [0.2, 0.25) is 0 Å². The van der Waals surface area contributed by atoms with Crippen LogP contribution in [0, 0.1) is 13.8 Å². The number of hydrogen-bond donors (Lipinski definition) is 1. The van der Waals surface area contributed by atoms with Crippen molar-refractivity contribution in [1.29, 1.82) is 0 Å². The number of piperidine rings is 1. The van der Waals surface area contributed by atoms with E-state index in [4.69, 9.17) is 9.26 Å². The van der Waals surface area contributed by atoms with Gasteiger partial charge in [0, 0.05) is 24.7 Å². The number of nitrogens with zero attached hydrogens (tertiary/aromatic N) is 2. The van der Waals surface area contributed by atoms with Crippen LogP contribution in [0.1, 0.15) is 36.8 Å². The first-order chi connectivity index (χ1) is 9.60. The van der Waals surface area contributed by atoms with E-state index in [1.165, 1.54) is 0 Å². The zero-order valence-corrected chi connectivity index (χ0v) is 12.4. The van der Waals surface area contributed by atoms with E-state index in [0.717, 1.165) is 49.5 Å². The Bertz CT molecular complexity index is 439. The van der Waals surface area contributed by atoms with Crippen LogP contribution in [0.5, 0.6) is 0 Å². The van der Waals surface area contributed by atoms with E-state index in [1.54, 1.807) is 0 Å². The van der Waals surface area contributed by atoms with Gasteiger partial charge in [0.05, 0.1) is 12.3 Å². The Morgan fingerprint density at radius 2 is 2.35 bits per heavy atom. The molecule has 1 aliphatic heterocycles. The van der Waals surface area contributed by atoms with Gasteiger partial charge in [-0.15, -0.1) is 0 Å². The van der Waals surface area contributed by atoms with Crippen molar-refractivity contribution < 1.29 is 14.1 Å². The van der Waals surface area contributed by atoms with E-state index in [-0.39, 0.29) is 12.1 Å². The second kappa shape index (κ2) is 6.74. The second-order valence-corrected chi connectivity index (χ2v) is 5.24. The van der Waals surface area contributed by atoms with E-state index in [2.05, 4.69) is 15.4 Å². The summed E-state index contributed by atoms with van der Waals surface area (Å²) in [7, 11) is 0. The SMILES string of the molecule is CCOC(=O)N[C@@H]1CCCN(Cc2c(C)noc2C)C1. The van der Waals surface area contributed by atoms with Gasteiger partial charge in [-0.1, -0.05) is 5.16 Å². The molecular formula is C14H23N3O3. The summed E-state index contributed by atoms with van der Waals surface area (Å²) < 4.78 is 10.1. The van der Waals surface area contributed by atoms with Crippen molar-refractivity contribution in [2.45, 2.75) is 46.2 Å². The average Bonchev–Trinajstić information content (AvgIpc) is 2.71. The Morgan fingerprint density at radius 1 is 1.55 bits per heavy atom. The van der Waals surface area contributed by atoms with Gasteiger partial charge in [-0.2, -0.15) is 0 Å². The number of aromatic nitrogens is 1. The molecule has 20 heavy (non-hydrogen) atoms. The minimum absolute atomic E-state index is 0.156. The molecule has 0 spiro atoms. The lowest BCUT2D eigenvalue weighted by Crippen LogP contribution is -2.47. The summed E-state index contributed by atoms with van der Waals surface area (Å²) in [4.78, 5) is 13.8. The van der Waals surface area contributed by atoms with E-state index in [9.17, 15) is 4.79 Å². The Morgan fingerprint density at radius 3 is 3.00 bits per heavy atom. The normalized spacial score (nSPS) is 19.9. The summed E-state index contributed by atoms with van der Waals surface area (Å²) in [6.07, 6.45) is 1.74. The van der Waals surface area contributed by atoms with Crippen LogP contribution in [-0.4, -0.2) is 41.9 Å². The standard InChI is InChI=1S/C14H23N3O3/c1-4-19-14(18)15-12-6-5-7-17(8-12)9-13-10(2)16-20-11(13)3/h12H,4-9H2,1-3H3,(H,15,18)/t12-/m1/s1. The highest BCUT2D eigenvalue weighted by Crippen LogP contribution is 2.18. The molecule has 2 rings (SSSR count). The third kappa shape index (κ3) is 3.72. The monoisotopic (exact) mass is 281 g/mol. The number of amides is 1. The van der Waals surface area contributed by atoms with Gasteiger partial charge >= 0.3 is 6.09 Å². The molecule has 1 aromatic heterocycles. The fraction of sp³-hybridized carbons (Fsp3) is 0.714. The molecule has 0 aliphatic carbocycles. The molecule has 0 saturated carbocycles. The zero-order chi connectivity index (χ0) is 14.5. The number of rotatable bonds is 4. The number of ether oxygens (including phenoxy) is 1. The molecule has 1 atom stereocenters. The third-order valence-corrected chi connectivity index (χ3v) is 3.67. The largest absolute Gasteiger partial charge is 0.450 e. The Kier molecular flexibility index (Phi) is 5.00. The third-order valence-electron chi connectivity index (χ3n) is 3.67. The first-order valence-corrected chi connectivity index (χ1v) is 7.17. The minimum atomic E-state index is -0.323. The second-order valence-electron chi connectivity index (χ2n) is 5.24. The maximum absolute atomic E-state index is 11.5. The van der Waals surface area contributed by atoms with Crippen LogP contribution in [0.3, 0.4) is 0 Å². The van der Waals surface area contributed by atoms with Crippen LogP contribution >= 0.6 is 0 Å². The predicted octanol–water partition coefficient (Wildman–Crippen LogP) is 2.00. The number of carbonyl (C=O) groups is 1. The Hall–Kier alpha value is -1.56. The van der Waals surface area contributed by atoms with Crippen LogP contribution in [-0.2, 0) is 11.3 Å². The van der Waals surface area contributed by atoms with Gasteiger partial charge in [0.2, 0.25) is 0 Å². The lowest BCUT2D eigenvalue weighted by molar-refractivity contribution is 0.132. The van der Waals surface area contributed by atoms with Gasteiger partial charge in [0.25, 0.3) is 0 Å². The number of carbonyl (C=O) groups excluding carboxylic acids is 1. The first kappa shape index (κ1) is 14.8. The van der Waals surface area contributed by atoms with Crippen molar-refractivity contribution in [2.24, 2.45) is 0 Å². The zero-order valence-electron chi connectivity index (χ0n) is 12.4. The lowest BCUT2D eigenvalue weighted by Gasteiger charge is -2.32. The Balaban J connectivity index is 1.89. The van der Waals surface area contributed by atoms with Crippen molar-refractivity contribution in [1.82, 2.24) is 15.4 Å². The van der Waals surface area contributed by atoms with Crippen molar-refractivity contribution in [3.63, 3.8) is 0 Å². The van der Waals surface area contributed by atoms with Gasteiger partial charge in [-0.3, -0.25) is 4.90 Å². The summed E-state index contributed by atoms with van der Waals surface area (Å²) >= 11 is 0. The van der Waals surface area contributed by atoms with Crippen molar-refractivity contribution >= 4 is 6.09 Å². The lowest BCUT2D eigenvalue weighted by atomic mass is 10.0. The summed E-state index contributed by atoms with van der Waals surface area (Å²) in [6.45, 7) is 8.80. The highest BCUT2D eigenvalue weighted by atomic mass is 16.5. The summed E-state index contributed by atoms with van der Waals surface area (Å²) in [5.41, 5.74) is 2.10. The van der Waals surface area contributed by atoms with Crippen LogP contribution in [0.4, 0.5) is 4.79 Å². The van der Waals surface area contributed by atoms with Crippen molar-refractivity contribution in [3.8, 4) is 0 Å². The van der Waals surface area contributed by atoms with Gasteiger partial charge in [0.1, 0.15) is 5.76 Å². The topological polar surface area (TPSA) is 67.6 Å². The number of hydrogen-bond acceptors (Lipinski definition) is 5. The molecule has 0 aromatic carbocycles. The molecule has 1 aliphatic rings. The molecule has 1 N–H and O–H groups in total. The highest BCUT2D eigenvalue weighted by Gasteiger charge is 2.23. The predicted molar refractivity (Wildman–Crippen MR) is 74.4 cm³/mol. The van der Waals surface area contributed by atoms with Crippen LogP contribution in [0.25, 0.3) is 0 Å². The van der Waals surface area contributed by atoms with E-state index >= 15 is 0 Å². The quantitative estimate of drug-likeness (QED) is 0.914. The molecule has 2 heterocycles. The highest BCUT2D eigenvalue weighted by molar-refractivity contribution is 5.67. The summed E-state index contributed by atoms with van der Waals surface area (Å²) in [5.74, 6) is 0.878. The summed E-state index contributed by atoms with van der Waals surface area (Å²) in [5, 5.41) is 6.90. The molecular weight excluding hydrogens is 258 g/mol. The van der Waals surface area contributed by atoms with Crippen molar-refractivity contribution in [2.75, 3.05) is 19.7 Å². The molecule has 1 amide bonds. The molecule has 1 aromatic rings. The molecule has 0 radical (unpaired) electrons. The van der Waals surface area contributed by atoms with Gasteiger partial charge in [0.15, 0.2) is 0 Å². The van der Waals surface area contributed by atoms with Crippen molar-refractivity contribution in [3.05, 3.63) is 17.0 Å². The Labute approximate surface area is 119 Å². The van der Waals surface area contributed by atoms with E-state index in [1.807, 2.05) is 20.8 Å². The molecule has 1 saturated heterocycles. The molecule has 0 unspecified atom stereocenters. The first-order valence-electron chi connectivity index (χ1n) is 7.17. The molecule has 0 bridgehead atoms. The number of nitrogens with one attached hydrogen (secondary N) is 1.